The Kier molecular flexibility index (Phi) is 3.47. The zero-order valence-electron chi connectivity index (χ0n) is 11.9. The lowest BCUT2D eigenvalue weighted by molar-refractivity contribution is -0.600. The summed E-state index contributed by atoms with van der Waals surface area (Å²) < 4.78 is 1.78. The zero-order valence-corrected chi connectivity index (χ0v) is 11.9. The summed E-state index contributed by atoms with van der Waals surface area (Å²) >= 11 is 0. The van der Waals surface area contributed by atoms with E-state index in [9.17, 15) is 10.5 Å². The number of pyridine rings is 1. The molecule has 0 bridgehead atoms. The van der Waals surface area contributed by atoms with Crippen LogP contribution in [0.2, 0.25) is 0 Å². The van der Waals surface area contributed by atoms with Gasteiger partial charge in [-0.2, -0.15) is 10.5 Å². The minimum Gasteiger partial charge on any atom is -0.237 e. The van der Waals surface area contributed by atoms with Crippen LogP contribution in [0.5, 0.6) is 0 Å². The fraction of sp³-hybridized carbons (Fsp3) is 0.118. The minimum absolute atomic E-state index is 0.373. The first-order valence-electron chi connectivity index (χ1n) is 6.77. The molecule has 0 unspecified atom stereocenters. The van der Waals surface area contributed by atoms with Crippen LogP contribution in [-0.2, 0) is 0 Å². The summed E-state index contributed by atoms with van der Waals surface area (Å²) in [5.41, 5.74) is 2.88. The summed E-state index contributed by atoms with van der Waals surface area (Å²) in [6, 6.07) is 15.2. The van der Waals surface area contributed by atoms with Gasteiger partial charge in [-0.3, -0.25) is 0 Å². The Morgan fingerprint density at radius 1 is 0.955 bits per heavy atom. The number of hydrogen-bond donors (Lipinski definition) is 0. The molecule has 2 aromatic heterocycles. The first-order chi connectivity index (χ1) is 10.7. The first-order valence-corrected chi connectivity index (χ1v) is 6.77. The molecule has 3 aromatic rings. The van der Waals surface area contributed by atoms with Gasteiger partial charge in [-0.05, 0) is 41.7 Å². The second-order valence-corrected chi connectivity index (χ2v) is 4.90. The molecule has 0 aliphatic rings. The molecule has 5 nitrogen and oxygen atoms in total. The van der Waals surface area contributed by atoms with Crippen LogP contribution in [0.4, 0.5) is 0 Å². The molecule has 22 heavy (non-hydrogen) atoms. The molecule has 0 saturated carbocycles. The zero-order chi connectivity index (χ0) is 15.5. The van der Waals surface area contributed by atoms with Crippen molar-refractivity contribution in [2.45, 2.75) is 12.8 Å². The van der Waals surface area contributed by atoms with Crippen molar-refractivity contribution < 1.29 is 4.57 Å². The van der Waals surface area contributed by atoms with Gasteiger partial charge < -0.3 is 0 Å². The van der Waals surface area contributed by atoms with Gasteiger partial charge in [0.1, 0.15) is 5.52 Å². The number of hydrogen-bond acceptors (Lipinski definition) is 4. The quantitative estimate of drug-likeness (QED) is 0.677. The van der Waals surface area contributed by atoms with E-state index >= 15 is 0 Å². The highest BCUT2D eigenvalue weighted by Gasteiger charge is 2.26. The molecule has 0 spiro atoms. The molecule has 104 valence electrons. The predicted molar refractivity (Wildman–Crippen MR) is 79.8 cm³/mol. The van der Waals surface area contributed by atoms with Crippen molar-refractivity contribution in [2.75, 3.05) is 0 Å². The molecule has 1 aromatic carbocycles. The van der Waals surface area contributed by atoms with Gasteiger partial charge in [0, 0.05) is 0 Å². The van der Waals surface area contributed by atoms with Gasteiger partial charge in [0.15, 0.2) is 11.6 Å². The Hall–Kier alpha value is -3.31. The highest BCUT2D eigenvalue weighted by Crippen LogP contribution is 2.19. The summed E-state index contributed by atoms with van der Waals surface area (Å²) in [4.78, 5) is 9.08. The van der Waals surface area contributed by atoms with Crippen LogP contribution in [0, 0.1) is 29.6 Å². The van der Waals surface area contributed by atoms with E-state index in [1.165, 1.54) is 0 Å². The van der Waals surface area contributed by atoms with Gasteiger partial charge in [0.05, 0.1) is 24.5 Å². The standard InChI is InChI=1S/C17H12N5/c1-12-6-8-22(9-7-12)17-16(13(10-18)11-19)20-14-4-2-3-5-15(14)21-17/h2-9,13H,1H3/q+1. The molecule has 0 fully saturated rings. The maximum atomic E-state index is 9.22. The summed E-state index contributed by atoms with van der Waals surface area (Å²) in [6.07, 6.45) is 3.70. The van der Waals surface area contributed by atoms with E-state index in [4.69, 9.17) is 0 Å². The third kappa shape index (κ3) is 2.36. The van der Waals surface area contributed by atoms with Crippen LogP contribution in [-0.4, -0.2) is 9.97 Å². The van der Waals surface area contributed by atoms with Crippen LogP contribution < -0.4 is 4.57 Å². The van der Waals surface area contributed by atoms with Crippen LogP contribution >= 0.6 is 0 Å². The summed E-state index contributed by atoms with van der Waals surface area (Å²) in [7, 11) is 0. The van der Waals surface area contributed by atoms with E-state index in [2.05, 4.69) is 9.97 Å². The molecule has 0 N–H and O–H groups in total. The molecular weight excluding hydrogens is 274 g/mol. The second kappa shape index (κ2) is 5.59. The van der Waals surface area contributed by atoms with Gasteiger partial charge in [-0.1, -0.05) is 12.1 Å². The molecule has 0 atom stereocenters. The number of nitriles is 2. The Balaban J connectivity index is 2.30. The fourth-order valence-corrected chi connectivity index (χ4v) is 2.18. The largest absolute Gasteiger partial charge is 0.352 e. The Morgan fingerprint density at radius 3 is 2.14 bits per heavy atom. The van der Waals surface area contributed by atoms with Crippen LogP contribution in [0.15, 0.2) is 48.8 Å². The average molecular weight is 286 g/mol. The fourth-order valence-electron chi connectivity index (χ4n) is 2.18. The van der Waals surface area contributed by atoms with Crippen molar-refractivity contribution in [1.29, 1.82) is 10.5 Å². The molecule has 0 saturated heterocycles. The van der Waals surface area contributed by atoms with Crippen LogP contribution in [0.25, 0.3) is 16.9 Å². The Labute approximate surface area is 127 Å². The molecular formula is C17H12N5+. The summed E-state index contributed by atoms with van der Waals surface area (Å²) in [5.74, 6) is -0.451. The molecule has 0 amide bonds. The number of aromatic nitrogens is 3. The third-order valence-corrected chi connectivity index (χ3v) is 3.35. The molecule has 0 aliphatic heterocycles. The number of para-hydroxylation sites is 2. The summed E-state index contributed by atoms with van der Waals surface area (Å²) in [6.45, 7) is 1.99. The molecule has 0 radical (unpaired) electrons. The topological polar surface area (TPSA) is 77.2 Å². The van der Waals surface area contributed by atoms with Crippen LogP contribution in [0.1, 0.15) is 17.2 Å². The molecule has 2 heterocycles. The van der Waals surface area contributed by atoms with E-state index in [0.717, 1.165) is 11.1 Å². The number of rotatable bonds is 2. The van der Waals surface area contributed by atoms with Crippen molar-refractivity contribution in [3.63, 3.8) is 0 Å². The monoisotopic (exact) mass is 286 g/mol. The van der Waals surface area contributed by atoms with Gasteiger partial charge in [-0.15, -0.1) is 0 Å². The molecule has 0 aliphatic carbocycles. The van der Waals surface area contributed by atoms with E-state index < -0.39 is 5.92 Å². The SMILES string of the molecule is Cc1cc[n+](-c2nc3ccccc3nc2C(C#N)C#N)cc1. The van der Waals surface area contributed by atoms with Crippen molar-refractivity contribution in [3.05, 3.63) is 60.0 Å². The number of aryl methyl sites for hydroxylation is 1. The maximum Gasteiger partial charge on any atom is 0.352 e. The van der Waals surface area contributed by atoms with Crippen molar-refractivity contribution >= 4 is 11.0 Å². The normalized spacial score (nSPS) is 10.4. The highest BCUT2D eigenvalue weighted by atomic mass is 15.1. The number of fused-ring (bicyclic) bond motifs is 1. The van der Waals surface area contributed by atoms with Crippen molar-refractivity contribution in [1.82, 2.24) is 9.97 Å². The minimum atomic E-state index is -0.957. The highest BCUT2D eigenvalue weighted by molar-refractivity contribution is 5.75. The maximum absolute atomic E-state index is 9.22. The van der Waals surface area contributed by atoms with Gasteiger partial charge in [0.2, 0.25) is 5.52 Å². The number of nitrogens with zero attached hydrogens (tertiary/aromatic N) is 5. The smallest absolute Gasteiger partial charge is 0.237 e. The number of benzene rings is 1. The van der Waals surface area contributed by atoms with E-state index in [-0.39, 0.29) is 0 Å². The molecule has 5 heteroatoms. The van der Waals surface area contributed by atoms with Crippen molar-refractivity contribution in [3.8, 4) is 18.0 Å². The molecule has 3 rings (SSSR count). The van der Waals surface area contributed by atoms with E-state index in [0.29, 0.717) is 17.0 Å². The van der Waals surface area contributed by atoms with Gasteiger partial charge in [0.25, 0.3) is 0 Å². The van der Waals surface area contributed by atoms with Crippen LogP contribution in [0.3, 0.4) is 0 Å². The van der Waals surface area contributed by atoms with Gasteiger partial charge >= 0.3 is 5.82 Å². The lowest BCUT2D eigenvalue weighted by Crippen LogP contribution is -2.33. The Bertz CT molecular complexity index is 902. The van der Waals surface area contributed by atoms with Gasteiger partial charge in [-0.25, -0.2) is 9.55 Å². The average Bonchev–Trinajstić information content (AvgIpc) is 2.56. The lowest BCUT2D eigenvalue weighted by atomic mass is 10.1. The van der Waals surface area contributed by atoms with E-state index in [1.807, 2.05) is 67.9 Å². The predicted octanol–water partition coefficient (Wildman–Crippen LogP) is 2.35. The lowest BCUT2D eigenvalue weighted by Gasteiger charge is -2.04. The first kappa shape index (κ1) is 13.7. The summed E-state index contributed by atoms with van der Waals surface area (Å²) in [5, 5.41) is 18.4. The van der Waals surface area contributed by atoms with E-state index in [1.54, 1.807) is 4.57 Å². The second-order valence-electron chi connectivity index (χ2n) is 4.90. The van der Waals surface area contributed by atoms with Crippen molar-refractivity contribution in [2.24, 2.45) is 0 Å². The Morgan fingerprint density at radius 2 is 1.55 bits per heavy atom. The third-order valence-electron chi connectivity index (χ3n) is 3.35.